The molecule has 0 amide bonds. The Morgan fingerprint density at radius 1 is 1.16 bits per heavy atom. The molecule has 0 spiro atoms. The van der Waals surface area contributed by atoms with E-state index < -0.39 is 0 Å². The van der Waals surface area contributed by atoms with Crippen molar-refractivity contribution in [2.75, 3.05) is 20.8 Å². The van der Waals surface area contributed by atoms with Crippen LogP contribution in [0.15, 0.2) is 22.7 Å². The maximum absolute atomic E-state index is 5.23. The van der Waals surface area contributed by atoms with Gasteiger partial charge in [-0.1, -0.05) is 12.1 Å². The third-order valence-electron chi connectivity index (χ3n) is 2.60. The third-order valence-corrected chi connectivity index (χ3v) is 2.60. The van der Waals surface area contributed by atoms with Gasteiger partial charge in [0.05, 0.1) is 20.8 Å². The van der Waals surface area contributed by atoms with Crippen molar-refractivity contribution < 1.29 is 14.0 Å². The van der Waals surface area contributed by atoms with Crippen LogP contribution in [0.5, 0.6) is 11.5 Å². The predicted molar refractivity (Wildman–Crippen MR) is 70.2 cm³/mol. The topological polar surface area (TPSA) is 69.4 Å². The summed E-state index contributed by atoms with van der Waals surface area (Å²) >= 11 is 0. The summed E-state index contributed by atoms with van der Waals surface area (Å²) in [6.45, 7) is 3.46. The van der Waals surface area contributed by atoms with E-state index in [0.29, 0.717) is 29.8 Å². The summed E-state index contributed by atoms with van der Waals surface area (Å²) in [6, 6.07) is 5.44. The molecule has 0 unspecified atom stereocenters. The van der Waals surface area contributed by atoms with Crippen molar-refractivity contribution in [1.29, 1.82) is 0 Å². The van der Waals surface area contributed by atoms with Crippen LogP contribution in [0.4, 0.5) is 0 Å². The van der Waals surface area contributed by atoms with Crippen LogP contribution in [0, 0.1) is 0 Å². The second kappa shape index (κ2) is 6.19. The molecule has 19 heavy (non-hydrogen) atoms. The Morgan fingerprint density at radius 3 is 2.42 bits per heavy atom. The van der Waals surface area contributed by atoms with Gasteiger partial charge >= 0.3 is 0 Å². The maximum Gasteiger partial charge on any atom is 0.258 e. The molecule has 0 bridgehead atoms. The van der Waals surface area contributed by atoms with E-state index in [1.165, 1.54) is 0 Å². The summed E-state index contributed by atoms with van der Waals surface area (Å²) in [6.07, 6.45) is 0. The molecule has 0 saturated heterocycles. The fraction of sp³-hybridized carbons (Fsp3) is 0.385. The summed E-state index contributed by atoms with van der Waals surface area (Å²) < 4.78 is 15.7. The predicted octanol–water partition coefficient (Wildman–Crippen LogP) is 1.86. The zero-order chi connectivity index (χ0) is 13.7. The molecule has 6 heteroatoms. The normalized spacial score (nSPS) is 10.5. The number of nitrogens with one attached hydrogen (secondary N) is 1. The van der Waals surface area contributed by atoms with Crippen molar-refractivity contribution in [2.45, 2.75) is 13.5 Å². The number of ether oxygens (including phenoxy) is 2. The molecule has 0 saturated carbocycles. The lowest BCUT2D eigenvalue weighted by Gasteiger charge is -2.05. The number of rotatable bonds is 6. The van der Waals surface area contributed by atoms with E-state index in [9.17, 15) is 0 Å². The summed E-state index contributed by atoms with van der Waals surface area (Å²) in [5.74, 6) is 2.44. The van der Waals surface area contributed by atoms with Crippen molar-refractivity contribution >= 4 is 0 Å². The van der Waals surface area contributed by atoms with E-state index in [0.717, 1.165) is 12.1 Å². The minimum atomic E-state index is 0.449. The van der Waals surface area contributed by atoms with Gasteiger partial charge in [0.1, 0.15) is 11.5 Å². The molecule has 1 aromatic heterocycles. The first-order valence-corrected chi connectivity index (χ1v) is 6.03. The summed E-state index contributed by atoms with van der Waals surface area (Å²) in [7, 11) is 3.20. The van der Waals surface area contributed by atoms with Gasteiger partial charge in [0.15, 0.2) is 5.82 Å². The minimum Gasteiger partial charge on any atom is -0.497 e. The first-order chi connectivity index (χ1) is 9.26. The zero-order valence-electron chi connectivity index (χ0n) is 11.3. The van der Waals surface area contributed by atoms with Crippen molar-refractivity contribution in [3.8, 4) is 23.0 Å². The molecule has 0 aliphatic heterocycles. The second-order valence-corrected chi connectivity index (χ2v) is 3.90. The highest BCUT2D eigenvalue weighted by Crippen LogP contribution is 2.28. The van der Waals surface area contributed by atoms with Crippen LogP contribution in [0.25, 0.3) is 11.5 Å². The molecular weight excluding hydrogens is 246 g/mol. The van der Waals surface area contributed by atoms with Gasteiger partial charge in [0.25, 0.3) is 5.89 Å². The lowest BCUT2D eigenvalue weighted by molar-refractivity contribution is 0.392. The summed E-state index contributed by atoms with van der Waals surface area (Å²) in [4.78, 5) is 4.32. The number of methoxy groups -OCH3 is 2. The Kier molecular flexibility index (Phi) is 4.35. The fourth-order valence-corrected chi connectivity index (χ4v) is 1.61. The molecule has 1 heterocycles. The quantitative estimate of drug-likeness (QED) is 0.858. The zero-order valence-corrected chi connectivity index (χ0v) is 11.3. The first-order valence-electron chi connectivity index (χ1n) is 6.03. The van der Waals surface area contributed by atoms with Gasteiger partial charge in [-0.05, 0) is 18.7 Å². The largest absolute Gasteiger partial charge is 0.497 e. The van der Waals surface area contributed by atoms with Gasteiger partial charge in [-0.3, -0.25) is 0 Å². The molecule has 6 nitrogen and oxygen atoms in total. The molecule has 1 aromatic carbocycles. The number of hydrogen-bond donors (Lipinski definition) is 1. The van der Waals surface area contributed by atoms with Gasteiger partial charge in [0, 0.05) is 11.6 Å². The molecular formula is C13H17N3O3. The molecule has 2 rings (SSSR count). The summed E-state index contributed by atoms with van der Waals surface area (Å²) in [5, 5.41) is 7.05. The Morgan fingerprint density at radius 2 is 1.84 bits per heavy atom. The van der Waals surface area contributed by atoms with E-state index >= 15 is 0 Å². The lowest BCUT2D eigenvalue weighted by Crippen LogP contribution is -2.12. The van der Waals surface area contributed by atoms with Gasteiger partial charge in [-0.2, -0.15) is 4.98 Å². The van der Waals surface area contributed by atoms with Crippen molar-refractivity contribution in [2.24, 2.45) is 0 Å². The van der Waals surface area contributed by atoms with E-state index in [2.05, 4.69) is 15.5 Å². The average Bonchev–Trinajstić information content (AvgIpc) is 2.93. The van der Waals surface area contributed by atoms with Crippen molar-refractivity contribution in [3.05, 3.63) is 24.0 Å². The lowest BCUT2D eigenvalue weighted by atomic mass is 10.2. The Balaban J connectivity index is 2.27. The maximum atomic E-state index is 5.23. The molecule has 0 fully saturated rings. The fourth-order valence-electron chi connectivity index (χ4n) is 1.61. The van der Waals surface area contributed by atoms with Crippen molar-refractivity contribution in [3.63, 3.8) is 0 Å². The van der Waals surface area contributed by atoms with Crippen molar-refractivity contribution in [1.82, 2.24) is 15.5 Å². The third kappa shape index (κ3) is 3.23. The van der Waals surface area contributed by atoms with Crippen LogP contribution in [-0.2, 0) is 6.54 Å². The number of benzene rings is 1. The van der Waals surface area contributed by atoms with Crippen LogP contribution < -0.4 is 14.8 Å². The highest BCUT2D eigenvalue weighted by molar-refractivity contribution is 5.59. The number of nitrogens with zero attached hydrogens (tertiary/aromatic N) is 2. The summed E-state index contributed by atoms with van der Waals surface area (Å²) in [5.41, 5.74) is 0.770. The molecule has 0 radical (unpaired) electrons. The van der Waals surface area contributed by atoms with Gasteiger partial charge in [-0.25, -0.2) is 0 Å². The van der Waals surface area contributed by atoms with E-state index in [4.69, 9.17) is 14.0 Å². The second-order valence-electron chi connectivity index (χ2n) is 3.90. The van der Waals surface area contributed by atoms with E-state index in [1.807, 2.05) is 19.1 Å². The molecule has 0 aliphatic carbocycles. The molecule has 0 atom stereocenters. The van der Waals surface area contributed by atoms with Crippen LogP contribution in [0.1, 0.15) is 12.7 Å². The Labute approximate surface area is 111 Å². The van der Waals surface area contributed by atoms with Gasteiger partial charge in [0.2, 0.25) is 0 Å². The molecule has 0 aliphatic rings. The molecule has 102 valence electrons. The smallest absolute Gasteiger partial charge is 0.258 e. The number of aromatic nitrogens is 2. The minimum absolute atomic E-state index is 0.449. The standard InChI is InChI=1S/C13H17N3O3/c1-4-14-8-12-15-13(19-16-12)9-5-10(17-2)7-11(6-9)18-3/h5-7,14H,4,8H2,1-3H3. The van der Waals surface area contributed by atoms with Gasteiger partial charge in [-0.15, -0.1) is 0 Å². The van der Waals surface area contributed by atoms with E-state index in [-0.39, 0.29) is 0 Å². The average molecular weight is 263 g/mol. The van der Waals surface area contributed by atoms with E-state index in [1.54, 1.807) is 20.3 Å². The molecule has 1 N–H and O–H groups in total. The molecule has 2 aromatic rings. The van der Waals surface area contributed by atoms with Crippen LogP contribution in [-0.4, -0.2) is 30.9 Å². The SMILES string of the molecule is CCNCc1noc(-c2cc(OC)cc(OC)c2)n1. The van der Waals surface area contributed by atoms with Crippen LogP contribution in [0.2, 0.25) is 0 Å². The number of hydrogen-bond acceptors (Lipinski definition) is 6. The van der Waals surface area contributed by atoms with Crippen LogP contribution in [0.3, 0.4) is 0 Å². The van der Waals surface area contributed by atoms with Crippen LogP contribution >= 0.6 is 0 Å². The highest BCUT2D eigenvalue weighted by atomic mass is 16.5. The monoisotopic (exact) mass is 263 g/mol. The first kappa shape index (κ1) is 13.4. The Hall–Kier alpha value is -2.08. The highest BCUT2D eigenvalue weighted by Gasteiger charge is 2.11. The Bertz CT molecular complexity index is 517. The van der Waals surface area contributed by atoms with Gasteiger partial charge < -0.3 is 19.3 Å².